The van der Waals surface area contributed by atoms with Crippen LogP contribution >= 0.6 is 0 Å². The molecule has 0 amide bonds. The van der Waals surface area contributed by atoms with Crippen LogP contribution < -0.4 is 14.8 Å². The Morgan fingerprint density at radius 3 is 2.41 bits per heavy atom. The van der Waals surface area contributed by atoms with Crippen molar-refractivity contribution < 1.29 is 28.5 Å². The van der Waals surface area contributed by atoms with E-state index in [1.54, 1.807) is 37.4 Å². The highest BCUT2D eigenvalue weighted by Crippen LogP contribution is 2.29. The quantitative estimate of drug-likeness (QED) is 0.282. The van der Waals surface area contributed by atoms with Crippen LogP contribution in [0.3, 0.4) is 0 Å². The van der Waals surface area contributed by atoms with Crippen molar-refractivity contribution in [3.63, 3.8) is 0 Å². The Bertz CT molecular complexity index is 845. The molecule has 0 spiro atoms. The van der Waals surface area contributed by atoms with Gasteiger partial charge in [-0.15, -0.1) is 0 Å². The minimum Gasteiger partial charge on any atom is -0.493 e. The molecule has 1 atom stereocenters. The summed E-state index contributed by atoms with van der Waals surface area (Å²) in [5, 5.41) is 2.99. The fraction of sp³-hybridized carbons (Fsp3) is 0.364. The number of benzene rings is 2. The lowest BCUT2D eigenvalue weighted by molar-refractivity contribution is 0.0497. The lowest BCUT2D eigenvalue weighted by Gasteiger charge is -2.11. The van der Waals surface area contributed by atoms with Crippen LogP contribution in [0.15, 0.2) is 42.5 Å². The van der Waals surface area contributed by atoms with Crippen molar-refractivity contribution in [2.24, 2.45) is 0 Å². The van der Waals surface area contributed by atoms with Crippen molar-refractivity contribution in [2.45, 2.75) is 25.4 Å². The lowest BCUT2D eigenvalue weighted by Crippen LogP contribution is -2.11. The molecule has 0 aromatic heterocycles. The highest BCUT2D eigenvalue weighted by molar-refractivity contribution is 5.93. The molecular weight excluding hydrogens is 374 g/mol. The maximum Gasteiger partial charge on any atom is 0.343 e. The van der Waals surface area contributed by atoms with Crippen LogP contribution in [0, 0.1) is 0 Å². The molecule has 1 heterocycles. The molecule has 1 aliphatic heterocycles. The predicted octanol–water partition coefficient (Wildman–Crippen LogP) is 3.68. The van der Waals surface area contributed by atoms with Crippen LogP contribution in [0.2, 0.25) is 0 Å². The minimum atomic E-state index is -0.513. The maximum atomic E-state index is 12.4. The third-order valence-electron chi connectivity index (χ3n) is 4.57. The first kappa shape index (κ1) is 20.7. The number of anilines is 1. The van der Waals surface area contributed by atoms with Gasteiger partial charge in [0.05, 0.1) is 37.6 Å². The SMILES string of the molecule is CNc1ccc(C(=O)Oc2ccc(C(=O)OCCCCC3CO3)cc2OC)cc1. The molecule has 2 aromatic rings. The first-order valence-corrected chi connectivity index (χ1v) is 9.57. The molecule has 154 valence electrons. The van der Waals surface area contributed by atoms with E-state index >= 15 is 0 Å². The molecule has 1 unspecified atom stereocenters. The lowest BCUT2D eigenvalue weighted by atomic mass is 10.2. The standard InChI is InChI=1S/C22H25NO6/c1-23-17-9-6-15(7-10-17)22(25)29-19-11-8-16(13-20(19)26-2)21(24)27-12-4-3-5-18-14-28-18/h6-11,13,18,23H,3-5,12,14H2,1-2H3. The number of epoxide rings is 1. The topological polar surface area (TPSA) is 86.4 Å². The van der Waals surface area contributed by atoms with Crippen LogP contribution in [0.1, 0.15) is 40.0 Å². The fourth-order valence-electron chi connectivity index (χ4n) is 2.77. The second-order valence-corrected chi connectivity index (χ2v) is 6.67. The van der Waals surface area contributed by atoms with Crippen molar-refractivity contribution in [1.82, 2.24) is 0 Å². The summed E-state index contributed by atoms with van der Waals surface area (Å²) < 4.78 is 21.1. The van der Waals surface area contributed by atoms with Crippen LogP contribution in [0.25, 0.3) is 0 Å². The average Bonchev–Trinajstić information content (AvgIpc) is 3.58. The average molecular weight is 399 g/mol. The van der Waals surface area contributed by atoms with Gasteiger partial charge in [-0.1, -0.05) is 0 Å². The Balaban J connectivity index is 1.56. The molecule has 1 N–H and O–H groups in total. The first-order chi connectivity index (χ1) is 14.1. The van der Waals surface area contributed by atoms with E-state index < -0.39 is 11.9 Å². The molecule has 2 aromatic carbocycles. The van der Waals surface area contributed by atoms with Crippen LogP contribution in [0.5, 0.6) is 11.5 Å². The van der Waals surface area contributed by atoms with Gasteiger partial charge in [-0.2, -0.15) is 0 Å². The molecule has 29 heavy (non-hydrogen) atoms. The van der Waals surface area contributed by atoms with Gasteiger partial charge in [-0.05, 0) is 61.7 Å². The largest absolute Gasteiger partial charge is 0.493 e. The van der Waals surface area contributed by atoms with Gasteiger partial charge in [0.1, 0.15) is 0 Å². The van der Waals surface area contributed by atoms with Crippen LogP contribution in [-0.2, 0) is 9.47 Å². The Morgan fingerprint density at radius 2 is 1.76 bits per heavy atom. The summed E-state index contributed by atoms with van der Waals surface area (Å²) in [5.74, 6) is -0.436. The third-order valence-corrected chi connectivity index (χ3v) is 4.57. The third kappa shape index (κ3) is 5.96. The van der Waals surface area contributed by atoms with Gasteiger partial charge in [0.15, 0.2) is 11.5 Å². The molecule has 1 fully saturated rings. The molecule has 7 nitrogen and oxygen atoms in total. The van der Waals surface area contributed by atoms with E-state index in [4.69, 9.17) is 18.9 Å². The Hall–Kier alpha value is -3.06. The molecule has 0 saturated carbocycles. The first-order valence-electron chi connectivity index (χ1n) is 9.57. The Kier molecular flexibility index (Phi) is 7.08. The molecule has 7 heteroatoms. The number of rotatable bonds is 10. The van der Waals surface area contributed by atoms with Crippen LogP contribution in [0.4, 0.5) is 5.69 Å². The highest BCUT2D eigenvalue weighted by Gasteiger charge is 2.21. The van der Waals surface area contributed by atoms with E-state index in [1.165, 1.54) is 19.2 Å². The number of nitrogens with one attached hydrogen (secondary N) is 1. The van der Waals surface area contributed by atoms with E-state index in [9.17, 15) is 9.59 Å². The van der Waals surface area contributed by atoms with Crippen molar-refractivity contribution in [3.05, 3.63) is 53.6 Å². The Labute approximate surface area is 169 Å². The van der Waals surface area contributed by atoms with Crippen LogP contribution in [-0.4, -0.2) is 45.4 Å². The summed E-state index contributed by atoms with van der Waals surface area (Å²) in [7, 11) is 3.25. The summed E-state index contributed by atoms with van der Waals surface area (Å²) in [6.07, 6.45) is 3.16. The van der Waals surface area contributed by atoms with Gasteiger partial charge >= 0.3 is 11.9 Å². The second-order valence-electron chi connectivity index (χ2n) is 6.67. The molecule has 1 aliphatic rings. The molecule has 3 rings (SSSR count). The second kappa shape index (κ2) is 9.93. The number of methoxy groups -OCH3 is 1. The van der Waals surface area contributed by atoms with E-state index in [0.29, 0.717) is 23.8 Å². The number of hydrogen-bond acceptors (Lipinski definition) is 7. The monoisotopic (exact) mass is 399 g/mol. The number of unbranched alkanes of at least 4 members (excludes halogenated alkanes) is 1. The molecule has 0 aliphatic carbocycles. The number of carbonyl (C=O) groups is 2. The fourth-order valence-corrected chi connectivity index (χ4v) is 2.77. The van der Waals surface area contributed by atoms with Crippen molar-refractivity contribution in [3.8, 4) is 11.5 Å². The molecular formula is C22H25NO6. The van der Waals surface area contributed by atoms with Gasteiger partial charge < -0.3 is 24.3 Å². The molecule has 0 bridgehead atoms. The van der Waals surface area contributed by atoms with Gasteiger partial charge in [0, 0.05) is 12.7 Å². The zero-order valence-corrected chi connectivity index (χ0v) is 16.6. The van der Waals surface area contributed by atoms with Crippen molar-refractivity contribution >= 4 is 17.6 Å². The van der Waals surface area contributed by atoms with E-state index in [1.807, 2.05) is 0 Å². The van der Waals surface area contributed by atoms with Gasteiger partial charge in [-0.25, -0.2) is 9.59 Å². The highest BCUT2D eigenvalue weighted by atomic mass is 16.6. The number of esters is 2. The minimum absolute atomic E-state index is 0.233. The smallest absolute Gasteiger partial charge is 0.343 e. The normalized spacial score (nSPS) is 14.8. The van der Waals surface area contributed by atoms with E-state index in [-0.39, 0.29) is 11.5 Å². The summed E-state index contributed by atoms with van der Waals surface area (Å²) >= 11 is 0. The summed E-state index contributed by atoms with van der Waals surface area (Å²) in [4.78, 5) is 24.6. The zero-order valence-electron chi connectivity index (χ0n) is 16.6. The van der Waals surface area contributed by atoms with E-state index in [0.717, 1.165) is 31.6 Å². The zero-order chi connectivity index (χ0) is 20.6. The summed E-state index contributed by atoms with van der Waals surface area (Å²) in [6, 6.07) is 11.5. The summed E-state index contributed by atoms with van der Waals surface area (Å²) in [6.45, 7) is 1.20. The predicted molar refractivity (Wildman–Crippen MR) is 108 cm³/mol. The maximum absolute atomic E-state index is 12.4. The summed E-state index contributed by atoms with van der Waals surface area (Å²) in [5.41, 5.74) is 1.64. The Morgan fingerprint density at radius 1 is 1.03 bits per heavy atom. The van der Waals surface area contributed by atoms with Crippen molar-refractivity contribution in [2.75, 3.05) is 32.7 Å². The van der Waals surface area contributed by atoms with Crippen molar-refractivity contribution in [1.29, 1.82) is 0 Å². The van der Waals surface area contributed by atoms with Gasteiger partial charge in [0.25, 0.3) is 0 Å². The van der Waals surface area contributed by atoms with E-state index in [2.05, 4.69) is 5.32 Å². The molecule has 1 saturated heterocycles. The number of hydrogen-bond donors (Lipinski definition) is 1. The molecule has 0 radical (unpaired) electrons. The number of carbonyl (C=O) groups excluding carboxylic acids is 2. The number of ether oxygens (including phenoxy) is 4. The van der Waals surface area contributed by atoms with Gasteiger partial charge in [0.2, 0.25) is 0 Å². The van der Waals surface area contributed by atoms with Gasteiger partial charge in [-0.3, -0.25) is 0 Å².